The van der Waals surface area contributed by atoms with Crippen molar-refractivity contribution in [2.75, 3.05) is 6.61 Å². The van der Waals surface area contributed by atoms with Crippen molar-refractivity contribution in [1.82, 2.24) is 10.3 Å². The largest absolute Gasteiger partial charge is 0.487 e. The Bertz CT molecular complexity index is 684. The van der Waals surface area contributed by atoms with E-state index in [4.69, 9.17) is 9.84 Å². The Morgan fingerprint density at radius 3 is 2.64 bits per heavy atom. The van der Waals surface area contributed by atoms with E-state index in [2.05, 4.69) is 10.3 Å². The first-order chi connectivity index (χ1) is 12.1. The highest BCUT2D eigenvalue weighted by Crippen LogP contribution is 2.14. The lowest BCUT2D eigenvalue weighted by molar-refractivity contribution is -0.117. The fourth-order valence-electron chi connectivity index (χ4n) is 2.06. The lowest BCUT2D eigenvalue weighted by atomic mass is 10.1. The van der Waals surface area contributed by atoms with E-state index < -0.39 is 0 Å². The van der Waals surface area contributed by atoms with Crippen LogP contribution in [-0.2, 0) is 11.4 Å². The van der Waals surface area contributed by atoms with E-state index in [9.17, 15) is 4.79 Å². The predicted octanol–water partition coefficient (Wildman–Crippen LogP) is 2.81. The van der Waals surface area contributed by atoms with Gasteiger partial charge in [-0.3, -0.25) is 9.78 Å². The average Bonchev–Trinajstić information content (AvgIpc) is 2.65. The molecular weight excluding hydrogens is 316 g/mol. The van der Waals surface area contributed by atoms with Crippen LogP contribution in [0, 0.1) is 5.92 Å². The third-order valence-electron chi connectivity index (χ3n) is 3.93. The van der Waals surface area contributed by atoms with Crippen LogP contribution in [0.1, 0.15) is 25.1 Å². The van der Waals surface area contributed by atoms with E-state index in [-0.39, 0.29) is 24.5 Å². The number of benzene rings is 1. The second-order valence-corrected chi connectivity index (χ2v) is 5.97. The summed E-state index contributed by atoms with van der Waals surface area (Å²) in [5.41, 5.74) is 1.78. The van der Waals surface area contributed by atoms with Crippen LogP contribution in [0.15, 0.2) is 54.7 Å². The van der Waals surface area contributed by atoms with Crippen LogP contribution in [0.5, 0.6) is 5.75 Å². The van der Waals surface area contributed by atoms with Gasteiger partial charge in [0.05, 0.1) is 5.69 Å². The fraction of sp³-hybridized carbons (Fsp3) is 0.300. The number of hydrogen-bond donors (Lipinski definition) is 2. The van der Waals surface area contributed by atoms with Gasteiger partial charge in [0, 0.05) is 24.9 Å². The molecule has 2 aromatic rings. The number of carbonyl (C=O) groups is 1. The molecule has 1 heterocycles. The second-order valence-electron chi connectivity index (χ2n) is 5.97. The summed E-state index contributed by atoms with van der Waals surface area (Å²) in [7, 11) is 0. The number of aliphatic hydroxyl groups excluding tert-OH is 1. The maximum Gasteiger partial charge on any atom is 0.244 e. The van der Waals surface area contributed by atoms with Gasteiger partial charge in [-0.15, -0.1) is 0 Å². The predicted molar refractivity (Wildman–Crippen MR) is 97.9 cm³/mol. The summed E-state index contributed by atoms with van der Waals surface area (Å²) in [4.78, 5) is 16.1. The maximum absolute atomic E-state index is 11.9. The quantitative estimate of drug-likeness (QED) is 0.725. The van der Waals surface area contributed by atoms with E-state index in [1.165, 1.54) is 6.08 Å². The van der Waals surface area contributed by atoms with Crippen molar-refractivity contribution in [2.45, 2.75) is 26.5 Å². The molecule has 2 atom stereocenters. The average molecular weight is 340 g/mol. The number of hydrogen-bond acceptors (Lipinski definition) is 4. The SMILES string of the molecule is CC(CO)C(C)NC(=O)/C=C/c1ccc(OCc2ccccn2)cc1. The van der Waals surface area contributed by atoms with Crippen LogP contribution in [0.3, 0.4) is 0 Å². The van der Waals surface area contributed by atoms with Gasteiger partial charge in [0.25, 0.3) is 0 Å². The van der Waals surface area contributed by atoms with Gasteiger partial charge in [-0.2, -0.15) is 0 Å². The lowest BCUT2D eigenvalue weighted by Gasteiger charge is -2.18. The summed E-state index contributed by atoms with van der Waals surface area (Å²) >= 11 is 0. The zero-order valence-electron chi connectivity index (χ0n) is 14.6. The van der Waals surface area contributed by atoms with E-state index in [1.807, 2.05) is 56.3 Å². The number of rotatable bonds is 8. The normalized spacial score (nSPS) is 13.4. The van der Waals surface area contributed by atoms with Crippen LogP contribution in [0.25, 0.3) is 6.08 Å². The van der Waals surface area contributed by atoms with Gasteiger partial charge in [0.2, 0.25) is 5.91 Å². The first-order valence-electron chi connectivity index (χ1n) is 8.30. The Kier molecular flexibility index (Phi) is 7.16. The Morgan fingerprint density at radius 2 is 2.00 bits per heavy atom. The monoisotopic (exact) mass is 340 g/mol. The molecule has 2 rings (SSSR count). The number of nitrogens with one attached hydrogen (secondary N) is 1. The first-order valence-corrected chi connectivity index (χ1v) is 8.30. The van der Waals surface area contributed by atoms with Crippen LogP contribution in [0.2, 0.25) is 0 Å². The van der Waals surface area contributed by atoms with Crippen LogP contribution in [0.4, 0.5) is 0 Å². The van der Waals surface area contributed by atoms with Crippen molar-refractivity contribution < 1.29 is 14.6 Å². The molecule has 0 aliphatic carbocycles. The van der Waals surface area contributed by atoms with Crippen molar-refractivity contribution in [3.63, 3.8) is 0 Å². The second kappa shape index (κ2) is 9.59. The van der Waals surface area contributed by atoms with E-state index in [0.717, 1.165) is 17.0 Å². The standard InChI is InChI=1S/C20H24N2O3/c1-15(13-23)16(2)22-20(24)11-8-17-6-9-19(10-7-17)25-14-18-5-3-4-12-21-18/h3-12,15-16,23H,13-14H2,1-2H3,(H,22,24)/b11-8+. The first kappa shape index (κ1) is 18.7. The van der Waals surface area contributed by atoms with Gasteiger partial charge in [-0.25, -0.2) is 0 Å². The lowest BCUT2D eigenvalue weighted by Crippen LogP contribution is -2.37. The molecule has 5 heteroatoms. The number of ether oxygens (including phenoxy) is 1. The molecular formula is C20H24N2O3. The van der Waals surface area contributed by atoms with Crippen molar-refractivity contribution >= 4 is 12.0 Å². The molecule has 0 saturated heterocycles. The van der Waals surface area contributed by atoms with E-state index in [1.54, 1.807) is 12.3 Å². The molecule has 0 aliphatic heterocycles. The highest BCUT2D eigenvalue weighted by atomic mass is 16.5. The molecule has 2 N–H and O–H groups in total. The molecule has 25 heavy (non-hydrogen) atoms. The molecule has 0 bridgehead atoms. The van der Waals surface area contributed by atoms with Crippen LogP contribution in [-0.4, -0.2) is 28.6 Å². The minimum absolute atomic E-state index is 0.0212. The van der Waals surface area contributed by atoms with Gasteiger partial charge < -0.3 is 15.2 Å². The van der Waals surface area contributed by atoms with Crippen molar-refractivity contribution in [3.8, 4) is 5.75 Å². The topological polar surface area (TPSA) is 71.5 Å². The number of carbonyl (C=O) groups excluding carboxylic acids is 1. The highest BCUT2D eigenvalue weighted by molar-refractivity contribution is 5.91. The summed E-state index contributed by atoms with van der Waals surface area (Å²) < 4.78 is 5.67. The molecule has 0 radical (unpaired) electrons. The Balaban J connectivity index is 1.84. The summed E-state index contributed by atoms with van der Waals surface area (Å²) in [6, 6.07) is 13.1. The summed E-state index contributed by atoms with van der Waals surface area (Å²) in [5.74, 6) is 0.591. The number of aromatic nitrogens is 1. The minimum Gasteiger partial charge on any atom is -0.487 e. The van der Waals surface area contributed by atoms with Crippen LogP contribution >= 0.6 is 0 Å². The molecule has 1 aromatic heterocycles. The number of aliphatic hydroxyl groups is 1. The Labute approximate surface area is 148 Å². The number of pyridine rings is 1. The van der Waals surface area contributed by atoms with E-state index in [0.29, 0.717) is 6.61 Å². The number of amides is 1. The molecule has 0 aliphatic rings. The third-order valence-corrected chi connectivity index (χ3v) is 3.93. The molecule has 132 valence electrons. The molecule has 0 saturated carbocycles. The molecule has 1 amide bonds. The molecule has 2 unspecified atom stereocenters. The fourth-order valence-corrected chi connectivity index (χ4v) is 2.06. The summed E-state index contributed by atoms with van der Waals surface area (Å²) in [6.45, 7) is 4.23. The van der Waals surface area contributed by atoms with Crippen molar-refractivity contribution in [3.05, 3.63) is 66.0 Å². The smallest absolute Gasteiger partial charge is 0.244 e. The summed E-state index contributed by atoms with van der Waals surface area (Å²) in [6.07, 6.45) is 4.97. The minimum atomic E-state index is -0.178. The van der Waals surface area contributed by atoms with Crippen molar-refractivity contribution in [1.29, 1.82) is 0 Å². The van der Waals surface area contributed by atoms with Gasteiger partial charge in [0.15, 0.2) is 0 Å². The third kappa shape index (κ3) is 6.39. The van der Waals surface area contributed by atoms with Crippen molar-refractivity contribution in [2.24, 2.45) is 5.92 Å². The zero-order chi connectivity index (χ0) is 18.1. The Hall–Kier alpha value is -2.66. The van der Waals surface area contributed by atoms with Crippen LogP contribution < -0.4 is 10.1 Å². The van der Waals surface area contributed by atoms with Gasteiger partial charge >= 0.3 is 0 Å². The Morgan fingerprint density at radius 1 is 1.24 bits per heavy atom. The number of nitrogens with zero attached hydrogens (tertiary/aromatic N) is 1. The van der Waals surface area contributed by atoms with Gasteiger partial charge in [-0.1, -0.05) is 25.1 Å². The van der Waals surface area contributed by atoms with Gasteiger partial charge in [-0.05, 0) is 48.7 Å². The summed E-state index contributed by atoms with van der Waals surface area (Å²) in [5, 5.41) is 11.9. The molecule has 1 aromatic carbocycles. The molecule has 5 nitrogen and oxygen atoms in total. The highest BCUT2D eigenvalue weighted by Gasteiger charge is 2.11. The maximum atomic E-state index is 11.9. The molecule has 0 fully saturated rings. The van der Waals surface area contributed by atoms with E-state index >= 15 is 0 Å². The molecule has 0 spiro atoms. The zero-order valence-corrected chi connectivity index (χ0v) is 14.6. The van der Waals surface area contributed by atoms with Gasteiger partial charge in [0.1, 0.15) is 12.4 Å².